The highest BCUT2D eigenvalue weighted by molar-refractivity contribution is 8.00. The first-order chi connectivity index (χ1) is 11.0. The molecule has 2 aromatic rings. The van der Waals surface area contributed by atoms with Gasteiger partial charge in [0, 0.05) is 18.0 Å². The van der Waals surface area contributed by atoms with E-state index in [1.807, 2.05) is 12.4 Å². The Kier molecular flexibility index (Phi) is 6.98. The number of rotatable bonds is 5. The summed E-state index contributed by atoms with van der Waals surface area (Å²) in [6, 6.07) is 0.494. The maximum Gasteiger partial charge on any atom is 0.204 e. The third-order valence-electron chi connectivity index (χ3n) is 3.74. The van der Waals surface area contributed by atoms with Crippen molar-refractivity contribution in [3.8, 4) is 0 Å². The number of anilines is 1. The SMILES string of the molecule is CC(C)(C)c1cnc(CSc2cnc(NC3CCCNC3)s2)o1.Cl. The van der Waals surface area contributed by atoms with E-state index in [-0.39, 0.29) is 17.8 Å². The zero-order valence-corrected chi connectivity index (χ0v) is 16.7. The number of oxazole rings is 1. The summed E-state index contributed by atoms with van der Waals surface area (Å²) in [4.78, 5) is 8.85. The Hall–Kier alpha value is -0.760. The molecule has 8 heteroatoms. The highest BCUT2D eigenvalue weighted by atomic mass is 35.5. The molecule has 3 rings (SSSR count). The minimum atomic E-state index is 0. The number of thioether (sulfide) groups is 1. The van der Waals surface area contributed by atoms with Crippen molar-refractivity contribution >= 4 is 40.6 Å². The van der Waals surface area contributed by atoms with Crippen LogP contribution >= 0.6 is 35.5 Å². The lowest BCUT2D eigenvalue weighted by Crippen LogP contribution is -2.38. The smallest absolute Gasteiger partial charge is 0.204 e. The lowest BCUT2D eigenvalue weighted by atomic mass is 9.94. The Labute approximate surface area is 157 Å². The second-order valence-electron chi connectivity index (χ2n) is 6.83. The van der Waals surface area contributed by atoms with Gasteiger partial charge in [0.2, 0.25) is 5.89 Å². The van der Waals surface area contributed by atoms with Crippen LogP contribution in [0.1, 0.15) is 45.3 Å². The third-order valence-corrected chi connectivity index (χ3v) is 5.85. The van der Waals surface area contributed by atoms with E-state index in [4.69, 9.17) is 4.42 Å². The average molecular weight is 389 g/mol. The van der Waals surface area contributed by atoms with Crippen LogP contribution in [0.5, 0.6) is 0 Å². The highest BCUT2D eigenvalue weighted by Gasteiger charge is 2.19. The molecule has 1 fully saturated rings. The van der Waals surface area contributed by atoms with Gasteiger partial charge in [-0.3, -0.25) is 0 Å². The van der Waals surface area contributed by atoms with E-state index in [0.29, 0.717) is 6.04 Å². The molecule has 2 aromatic heterocycles. The number of hydrogen-bond acceptors (Lipinski definition) is 7. The van der Waals surface area contributed by atoms with Crippen molar-refractivity contribution in [3.05, 3.63) is 24.0 Å². The summed E-state index contributed by atoms with van der Waals surface area (Å²) in [5.41, 5.74) is 0.00548. The van der Waals surface area contributed by atoms with E-state index >= 15 is 0 Å². The number of nitrogens with one attached hydrogen (secondary N) is 2. The second kappa shape index (κ2) is 8.56. The van der Waals surface area contributed by atoms with Crippen molar-refractivity contribution in [1.29, 1.82) is 0 Å². The van der Waals surface area contributed by atoms with Crippen LogP contribution in [0.25, 0.3) is 0 Å². The van der Waals surface area contributed by atoms with E-state index in [2.05, 4.69) is 41.4 Å². The Morgan fingerprint density at radius 2 is 2.21 bits per heavy atom. The number of piperidine rings is 1. The molecular weight excluding hydrogens is 364 g/mol. The molecule has 24 heavy (non-hydrogen) atoms. The number of halogens is 1. The Bertz CT molecular complexity index is 632. The predicted molar refractivity (Wildman–Crippen MR) is 104 cm³/mol. The van der Waals surface area contributed by atoms with Gasteiger partial charge in [0.05, 0.1) is 22.4 Å². The van der Waals surface area contributed by atoms with Crippen LogP contribution in [-0.4, -0.2) is 29.1 Å². The number of aromatic nitrogens is 2. The average Bonchev–Trinajstić information content (AvgIpc) is 3.15. The van der Waals surface area contributed by atoms with Crippen LogP contribution in [0.15, 0.2) is 21.0 Å². The van der Waals surface area contributed by atoms with Crippen LogP contribution in [-0.2, 0) is 11.2 Å². The minimum absolute atomic E-state index is 0. The lowest BCUT2D eigenvalue weighted by molar-refractivity contribution is 0.391. The Morgan fingerprint density at radius 3 is 2.88 bits per heavy atom. The molecule has 1 aliphatic heterocycles. The summed E-state index contributed by atoms with van der Waals surface area (Å²) in [5, 5.41) is 7.93. The molecule has 0 saturated carbocycles. The van der Waals surface area contributed by atoms with Crippen molar-refractivity contribution in [3.63, 3.8) is 0 Å². The molecule has 0 aromatic carbocycles. The van der Waals surface area contributed by atoms with Crippen LogP contribution in [0, 0.1) is 0 Å². The highest BCUT2D eigenvalue weighted by Crippen LogP contribution is 2.32. The summed E-state index contributed by atoms with van der Waals surface area (Å²) in [7, 11) is 0. The third kappa shape index (κ3) is 5.37. The zero-order valence-electron chi connectivity index (χ0n) is 14.3. The van der Waals surface area contributed by atoms with Gasteiger partial charge >= 0.3 is 0 Å². The van der Waals surface area contributed by atoms with Crippen LogP contribution in [0.4, 0.5) is 5.13 Å². The van der Waals surface area contributed by atoms with E-state index < -0.39 is 0 Å². The topological polar surface area (TPSA) is 63.0 Å². The molecule has 1 aliphatic rings. The maximum atomic E-state index is 5.83. The normalized spacial score (nSPS) is 18.2. The summed E-state index contributed by atoms with van der Waals surface area (Å²) in [5.74, 6) is 2.45. The molecule has 0 amide bonds. The summed E-state index contributed by atoms with van der Waals surface area (Å²) in [6.07, 6.45) is 6.21. The maximum absolute atomic E-state index is 5.83. The van der Waals surface area contributed by atoms with Crippen molar-refractivity contribution < 1.29 is 4.42 Å². The van der Waals surface area contributed by atoms with Gasteiger partial charge < -0.3 is 15.1 Å². The predicted octanol–water partition coefficient (Wildman–Crippen LogP) is 4.31. The monoisotopic (exact) mass is 388 g/mol. The molecule has 0 spiro atoms. The van der Waals surface area contributed by atoms with Crippen molar-refractivity contribution in [2.24, 2.45) is 0 Å². The molecule has 1 unspecified atom stereocenters. The molecule has 1 saturated heterocycles. The lowest BCUT2D eigenvalue weighted by Gasteiger charge is -2.23. The first-order valence-corrected chi connectivity index (χ1v) is 9.82. The molecule has 0 radical (unpaired) electrons. The van der Waals surface area contributed by atoms with E-state index in [1.54, 1.807) is 23.1 Å². The largest absolute Gasteiger partial charge is 0.444 e. The molecular formula is C16H25ClN4OS2. The molecule has 1 atom stereocenters. The van der Waals surface area contributed by atoms with E-state index in [1.165, 1.54) is 17.1 Å². The number of hydrogen-bond donors (Lipinski definition) is 2. The molecule has 0 aliphatic carbocycles. The fraction of sp³-hybridized carbons (Fsp3) is 0.625. The molecule has 3 heterocycles. The van der Waals surface area contributed by atoms with Gasteiger partial charge in [-0.25, -0.2) is 9.97 Å². The first kappa shape index (κ1) is 19.6. The zero-order chi connectivity index (χ0) is 16.3. The van der Waals surface area contributed by atoms with Gasteiger partial charge in [-0.2, -0.15) is 0 Å². The fourth-order valence-corrected chi connectivity index (χ4v) is 4.20. The summed E-state index contributed by atoms with van der Waals surface area (Å²) >= 11 is 3.43. The molecule has 5 nitrogen and oxygen atoms in total. The van der Waals surface area contributed by atoms with E-state index in [0.717, 1.165) is 35.6 Å². The van der Waals surface area contributed by atoms with Crippen LogP contribution in [0.2, 0.25) is 0 Å². The molecule has 134 valence electrons. The van der Waals surface area contributed by atoms with Gasteiger partial charge in [-0.1, -0.05) is 32.1 Å². The van der Waals surface area contributed by atoms with Crippen molar-refractivity contribution in [2.75, 3.05) is 18.4 Å². The van der Waals surface area contributed by atoms with Gasteiger partial charge in [0.15, 0.2) is 5.13 Å². The van der Waals surface area contributed by atoms with Gasteiger partial charge in [0.1, 0.15) is 5.76 Å². The molecule has 2 N–H and O–H groups in total. The van der Waals surface area contributed by atoms with E-state index in [9.17, 15) is 0 Å². The molecule has 0 bridgehead atoms. The van der Waals surface area contributed by atoms with Crippen molar-refractivity contribution in [1.82, 2.24) is 15.3 Å². The Morgan fingerprint density at radius 1 is 1.38 bits per heavy atom. The van der Waals surface area contributed by atoms with Gasteiger partial charge in [0.25, 0.3) is 0 Å². The quantitative estimate of drug-likeness (QED) is 0.744. The first-order valence-electron chi connectivity index (χ1n) is 8.02. The minimum Gasteiger partial charge on any atom is -0.444 e. The van der Waals surface area contributed by atoms with Crippen molar-refractivity contribution in [2.45, 2.75) is 55.0 Å². The fourth-order valence-electron chi connectivity index (χ4n) is 2.40. The van der Waals surface area contributed by atoms with Gasteiger partial charge in [-0.15, -0.1) is 24.2 Å². The summed E-state index contributed by atoms with van der Waals surface area (Å²) < 4.78 is 7.01. The Balaban J connectivity index is 0.00000208. The standard InChI is InChI=1S/C16H24N4OS2.ClH/c1-16(2,3)12-8-18-13(21-12)10-22-14-9-19-15(23-14)20-11-5-4-6-17-7-11;/h8-9,11,17H,4-7,10H2,1-3H3,(H,19,20);1H. The van der Waals surface area contributed by atoms with Gasteiger partial charge in [-0.05, 0) is 19.4 Å². The number of thiazole rings is 1. The number of nitrogens with zero attached hydrogens (tertiary/aromatic N) is 2. The van der Waals surface area contributed by atoms with Crippen LogP contribution < -0.4 is 10.6 Å². The second-order valence-corrected chi connectivity index (χ2v) is 9.14. The van der Waals surface area contributed by atoms with Crippen LogP contribution in [0.3, 0.4) is 0 Å². The summed E-state index contributed by atoms with van der Waals surface area (Å²) in [6.45, 7) is 8.54.